The Kier molecular flexibility index (Phi) is 3.19. The van der Waals surface area contributed by atoms with E-state index in [1.807, 2.05) is 18.3 Å². The molecule has 4 aromatic rings. The van der Waals surface area contributed by atoms with Gasteiger partial charge in [0.2, 0.25) is 0 Å². The van der Waals surface area contributed by atoms with Crippen LogP contribution in [-0.2, 0) is 6.42 Å². The van der Waals surface area contributed by atoms with E-state index in [9.17, 15) is 9.59 Å². The van der Waals surface area contributed by atoms with Crippen LogP contribution in [0.3, 0.4) is 0 Å². The first-order valence-corrected chi connectivity index (χ1v) is 8.67. The van der Waals surface area contributed by atoms with Gasteiger partial charge in [-0.1, -0.05) is 48.5 Å². The Morgan fingerprint density at radius 3 is 2.23 bits per heavy atom. The second-order valence-electron chi connectivity index (χ2n) is 6.58. The highest BCUT2D eigenvalue weighted by molar-refractivity contribution is 6.21. The molecule has 26 heavy (non-hydrogen) atoms. The van der Waals surface area contributed by atoms with E-state index in [4.69, 9.17) is 0 Å². The van der Waals surface area contributed by atoms with Gasteiger partial charge in [-0.3, -0.25) is 14.5 Å². The van der Waals surface area contributed by atoms with E-state index in [1.165, 1.54) is 15.7 Å². The Labute approximate surface area is 150 Å². The summed E-state index contributed by atoms with van der Waals surface area (Å²) in [4.78, 5) is 29.7. The number of benzene rings is 3. The van der Waals surface area contributed by atoms with Gasteiger partial charge >= 0.3 is 0 Å². The second-order valence-corrected chi connectivity index (χ2v) is 6.58. The molecule has 0 unspecified atom stereocenters. The molecule has 1 aliphatic heterocycles. The maximum absolute atomic E-state index is 12.5. The van der Waals surface area contributed by atoms with Crippen molar-refractivity contribution in [3.63, 3.8) is 0 Å². The van der Waals surface area contributed by atoms with Gasteiger partial charge in [0.05, 0.1) is 16.6 Å². The van der Waals surface area contributed by atoms with E-state index in [0.717, 1.165) is 16.5 Å². The maximum Gasteiger partial charge on any atom is 0.261 e. The van der Waals surface area contributed by atoms with Crippen LogP contribution in [0.1, 0.15) is 26.3 Å². The van der Waals surface area contributed by atoms with Crippen molar-refractivity contribution in [3.05, 3.63) is 83.6 Å². The molecule has 0 atom stereocenters. The van der Waals surface area contributed by atoms with E-state index >= 15 is 0 Å². The molecule has 4 heteroatoms. The van der Waals surface area contributed by atoms with Gasteiger partial charge in [0.15, 0.2) is 0 Å². The fourth-order valence-electron chi connectivity index (χ4n) is 3.81. The third kappa shape index (κ3) is 2.09. The Morgan fingerprint density at radius 2 is 1.46 bits per heavy atom. The molecular formula is C22H16N2O2. The van der Waals surface area contributed by atoms with Gasteiger partial charge in [0, 0.05) is 23.5 Å². The molecule has 1 aliphatic rings. The largest absolute Gasteiger partial charge is 0.360 e. The maximum atomic E-state index is 12.5. The Hall–Kier alpha value is -3.40. The molecule has 5 rings (SSSR count). The monoisotopic (exact) mass is 340 g/mol. The summed E-state index contributed by atoms with van der Waals surface area (Å²) in [5.74, 6) is -0.396. The van der Waals surface area contributed by atoms with Crippen LogP contribution in [0.4, 0.5) is 0 Å². The number of carbonyl (C=O) groups excluding carboxylic acids is 2. The lowest BCUT2D eigenvalue weighted by Gasteiger charge is -2.13. The molecule has 0 bridgehead atoms. The first kappa shape index (κ1) is 14.9. The van der Waals surface area contributed by atoms with Gasteiger partial charge in [-0.05, 0) is 29.5 Å². The predicted octanol–water partition coefficient (Wildman–Crippen LogP) is 4.16. The first-order valence-electron chi connectivity index (χ1n) is 8.67. The number of hydrogen-bond acceptors (Lipinski definition) is 2. The van der Waals surface area contributed by atoms with Crippen molar-refractivity contribution in [3.8, 4) is 0 Å². The van der Waals surface area contributed by atoms with Gasteiger partial charge in [-0.25, -0.2) is 0 Å². The van der Waals surface area contributed by atoms with Crippen LogP contribution in [0.2, 0.25) is 0 Å². The summed E-state index contributed by atoms with van der Waals surface area (Å²) in [5, 5.41) is 3.51. The van der Waals surface area contributed by atoms with E-state index in [2.05, 4.69) is 29.2 Å². The van der Waals surface area contributed by atoms with Gasteiger partial charge in [0.25, 0.3) is 11.8 Å². The minimum Gasteiger partial charge on any atom is -0.360 e. The smallest absolute Gasteiger partial charge is 0.261 e. The summed E-state index contributed by atoms with van der Waals surface area (Å²) in [6.45, 7) is 0.381. The van der Waals surface area contributed by atoms with Crippen LogP contribution < -0.4 is 0 Å². The highest BCUT2D eigenvalue weighted by Crippen LogP contribution is 2.28. The van der Waals surface area contributed by atoms with Crippen molar-refractivity contribution in [2.45, 2.75) is 6.42 Å². The van der Waals surface area contributed by atoms with E-state index in [0.29, 0.717) is 24.1 Å². The SMILES string of the molecule is O=C1c2ccccc2C(=O)N1CCc1c[nH]c2c1ccc1ccccc12. The lowest BCUT2D eigenvalue weighted by atomic mass is 10.0. The number of nitrogens with one attached hydrogen (secondary N) is 1. The number of H-pyrrole nitrogens is 1. The lowest BCUT2D eigenvalue weighted by molar-refractivity contribution is 0.0656. The van der Waals surface area contributed by atoms with Crippen LogP contribution in [0, 0.1) is 0 Å². The summed E-state index contributed by atoms with van der Waals surface area (Å²) in [5.41, 5.74) is 3.22. The topological polar surface area (TPSA) is 53.2 Å². The number of nitrogens with zero attached hydrogens (tertiary/aromatic N) is 1. The number of aromatic amines is 1. The third-order valence-corrected chi connectivity index (χ3v) is 5.15. The summed E-state index contributed by atoms with van der Waals surface area (Å²) < 4.78 is 0. The number of rotatable bonds is 3. The standard InChI is InChI=1S/C22H16N2O2/c25-21-18-7-3-4-8-19(18)22(26)24(21)12-11-15-13-23-20-16-6-2-1-5-14(16)9-10-17(15)20/h1-10,13,23H,11-12H2. The minimum absolute atomic E-state index is 0.198. The summed E-state index contributed by atoms with van der Waals surface area (Å²) in [7, 11) is 0. The molecule has 1 aromatic heterocycles. The molecule has 0 fully saturated rings. The second kappa shape index (κ2) is 5.56. The molecule has 1 N–H and O–H groups in total. The molecular weight excluding hydrogens is 324 g/mol. The zero-order valence-electron chi connectivity index (χ0n) is 14.0. The van der Waals surface area contributed by atoms with E-state index < -0.39 is 0 Å². The van der Waals surface area contributed by atoms with Crippen molar-refractivity contribution >= 4 is 33.5 Å². The molecule has 2 heterocycles. The summed E-state index contributed by atoms with van der Waals surface area (Å²) >= 11 is 0. The minimum atomic E-state index is -0.198. The summed E-state index contributed by atoms with van der Waals surface area (Å²) in [6, 6.07) is 19.5. The van der Waals surface area contributed by atoms with Crippen LogP contribution in [-0.4, -0.2) is 28.2 Å². The van der Waals surface area contributed by atoms with Gasteiger partial charge < -0.3 is 4.98 Å². The zero-order valence-corrected chi connectivity index (χ0v) is 14.0. The molecule has 126 valence electrons. The van der Waals surface area contributed by atoms with Gasteiger partial charge in [-0.2, -0.15) is 0 Å². The fourth-order valence-corrected chi connectivity index (χ4v) is 3.81. The number of amides is 2. The van der Waals surface area contributed by atoms with E-state index in [1.54, 1.807) is 24.3 Å². The van der Waals surface area contributed by atoms with Crippen molar-refractivity contribution in [1.29, 1.82) is 0 Å². The molecule has 3 aromatic carbocycles. The molecule has 0 spiro atoms. The zero-order chi connectivity index (χ0) is 17.7. The van der Waals surface area contributed by atoms with E-state index in [-0.39, 0.29) is 11.8 Å². The van der Waals surface area contributed by atoms with Gasteiger partial charge in [-0.15, -0.1) is 0 Å². The van der Waals surface area contributed by atoms with Crippen molar-refractivity contribution in [2.75, 3.05) is 6.54 Å². The van der Waals surface area contributed by atoms with Crippen LogP contribution in [0.25, 0.3) is 21.7 Å². The number of hydrogen-bond donors (Lipinski definition) is 1. The third-order valence-electron chi connectivity index (χ3n) is 5.15. The van der Waals surface area contributed by atoms with Crippen LogP contribution >= 0.6 is 0 Å². The van der Waals surface area contributed by atoms with Crippen LogP contribution in [0.15, 0.2) is 66.9 Å². The van der Waals surface area contributed by atoms with Crippen molar-refractivity contribution < 1.29 is 9.59 Å². The quantitative estimate of drug-likeness (QED) is 0.569. The molecule has 4 nitrogen and oxygen atoms in total. The number of aromatic nitrogens is 1. The molecule has 0 saturated heterocycles. The highest BCUT2D eigenvalue weighted by Gasteiger charge is 2.34. The Balaban J connectivity index is 1.45. The lowest BCUT2D eigenvalue weighted by Crippen LogP contribution is -2.31. The predicted molar refractivity (Wildman–Crippen MR) is 101 cm³/mol. The fraction of sp³-hybridized carbons (Fsp3) is 0.0909. The Morgan fingerprint density at radius 1 is 0.769 bits per heavy atom. The molecule has 2 amide bonds. The van der Waals surface area contributed by atoms with Crippen LogP contribution in [0.5, 0.6) is 0 Å². The average Bonchev–Trinajstić information content (AvgIpc) is 3.20. The normalized spacial score (nSPS) is 13.8. The molecule has 0 aliphatic carbocycles. The van der Waals surface area contributed by atoms with Gasteiger partial charge in [0.1, 0.15) is 0 Å². The van der Waals surface area contributed by atoms with Crippen molar-refractivity contribution in [1.82, 2.24) is 9.88 Å². The first-order chi connectivity index (χ1) is 12.7. The Bertz CT molecular complexity index is 1150. The van der Waals surface area contributed by atoms with Crippen molar-refractivity contribution in [2.24, 2.45) is 0 Å². The number of carbonyl (C=O) groups is 2. The molecule has 0 saturated carbocycles. The highest BCUT2D eigenvalue weighted by atomic mass is 16.2. The number of fused-ring (bicyclic) bond motifs is 4. The molecule has 0 radical (unpaired) electrons. The summed E-state index contributed by atoms with van der Waals surface area (Å²) in [6.07, 6.45) is 2.61. The average molecular weight is 340 g/mol. The number of imide groups is 1.